The number of nitrogens with one attached hydrogen (secondary N) is 1. The number of carbonyl (C=O) groups is 1. The van der Waals surface area contributed by atoms with Crippen LogP contribution in [0.15, 0.2) is 47.2 Å². The van der Waals surface area contributed by atoms with Crippen LogP contribution in [0.2, 0.25) is 0 Å². The van der Waals surface area contributed by atoms with E-state index in [-0.39, 0.29) is 11.5 Å². The van der Waals surface area contributed by atoms with Crippen LogP contribution in [0.3, 0.4) is 0 Å². The van der Waals surface area contributed by atoms with Gasteiger partial charge in [-0.3, -0.25) is 4.79 Å². The average Bonchev–Trinajstić information content (AvgIpc) is 3.14. The summed E-state index contributed by atoms with van der Waals surface area (Å²) in [4.78, 5) is 16.1. The number of ether oxygens (including phenoxy) is 1. The molecule has 28 heavy (non-hydrogen) atoms. The Balaban J connectivity index is 1.79. The van der Waals surface area contributed by atoms with Crippen molar-refractivity contribution in [2.24, 2.45) is 0 Å². The Kier molecular flexibility index (Phi) is 5.63. The number of carbonyl (C=O) groups excluding carboxylic acids is 1. The largest absolute Gasteiger partial charge is 0.492 e. The Hall–Kier alpha value is -2.95. The summed E-state index contributed by atoms with van der Waals surface area (Å²) >= 11 is 3.32. The Bertz CT molecular complexity index is 989. The minimum Gasteiger partial charge on any atom is -0.492 e. The summed E-state index contributed by atoms with van der Waals surface area (Å²) in [7, 11) is 0. The van der Waals surface area contributed by atoms with E-state index in [2.05, 4.69) is 36.5 Å². The van der Waals surface area contributed by atoms with Crippen LogP contribution in [0.1, 0.15) is 23.0 Å². The van der Waals surface area contributed by atoms with E-state index in [0.29, 0.717) is 24.2 Å². The number of aromatic nitrogens is 4. The van der Waals surface area contributed by atoms with E-state index in [1.807, 2.05) is 6.92 Å². The smallest absolute Gasteiger partial charge is 0.417 e. The quantitative estimate of drug-likeness (QED) is 0.626. The molecule has 0 radical (unpaired) electrons. The van der Waals surface area contributed by atoms with Gasteiger partial charge in [0.15, 0.2) is 11.5 Å². The zero-order chi connectivity index (χ0) is 20.3. The first kappa shape index (κ1) is 19.8. The summed E-state index contributed by atoms with van der Waals surface area (Å²) in [6.07, 6.45) is -2.53. The molecule has 2 heterocycles. The maximum Gasteiger partial charge on any atom is 0.417 e. The number of pyridine rings is 1. The normalized spacial score (nSPS) is 11.3. The molecule has 0 bridgehead atoms. The van der Waals surface area contributed by atoms with Crippen molar-refractivity contribution in [3.63, 3.8) is 0 Å². The second-order valence-corrected chi connectivity index (χ2v) is 6.39. The lowest BCUT2D eigenvalue weighted by Crippen LogP contribution is -2.13. The highest BCUT2D eigenvalue weighted by atomic mass is 79.9. The Morgan fingerprint density at radius 3 is 2.71 bits per heavy atom. The number of hydrogen-bond acceptors (Lipinski definition) is 5. The molecule has 2 aromatic heterocycles. The summed E-state index contributed by atoms with van der Waals surface area (Å²) < 4.78 is 45.2. The van der Waals surface area contributed by atoms with Crippen LogP contribution in [0.5, 0.6) is 5.75 Å². The molecule has 0 unspecified atom stereocenters. The fraction of sp³-hybridized carbons (Fsp3) is 0.176. The number of nitrogens with zero attached hydrogens (tertiary/aromatic N) is 4. The molecule has 0 saturated carbocycles. The van der Waals surface area contributed by atoms with Crippen LogP contribution in [0.4, 0.5) is 18.9 Å². The van der Waals surface area contributed by atoms with E-state index in [9.17, 15) is 18.0 Å². The lowest BCUT2D eigenvalue weighted by molar-refractivity contribution is -0.137. The number of halogens is 4. The Morgan fingerprint density at radius 2 is 2.07 bits per heavy atom. The molecule has 1 amide bonds. The summed E-state index contributed by atoms with van der Waals surface area (Å²) in [6.45, 7) is 2.23. The van der Waals surface area contributed by atoms with Crippen molar-refractivity contribution in [2.75, 3.05) is 11.9 Å². The molecule has 1 aromatic carbocycles. The maximum absolute atomic E-state index is 12.6. The van der Waals surface area contributed by atoms with Crippen molar-refractivity contribution < 1.29 is 22.7 Å². The summed E-state index contributed by atoms with van der Waals surface area (Å²) in [6, 6.07) is 7.16. The number of anilines is 1. The first-order chi connectivity index (χ1) is 13.3. The predicted octanol–water partition coefficient (Wildman–Crippen LogP) is 4.09. The predicted molar refractivity (Wildman–Crippen MR) is 97.4 cm³/mol. The molecule has 0 aliphatic rings. The second kappa shape index (κ2) is 7.97. The van der Waals surface area contributed by atoms with E-state index in [0.717, 1.165) is 21.3 Å². The molecule has 3 aromatic rings. The van der Waals surface area contributed by atoms with Crippen molar-refractivity contribution in [1.29, 1.82) is 0 Å². The van der Waals surface area contributed by atoms with Crippen LogP contribution >= 0.6 is 15.9 Å². The zero-order valence-electron chi connectivity index (χ0n) is 14.4. The number of rotatable bonds is 5. The first-order valence-electron chi connectivity index (χ1n) is 7.97. The van der Waals surface area contributed by atoms with Gasteiger partial charge in [-0.25, -0.2) is 9.67 Å². The molecule has 0 aliphatic carbocycles. The molecule has 11 heteroatoms. The van der Waals surface area contributed by atoms with Crippen molar-refractivity contribution in [3.05, 3.63) is 58.5 Å². The van der Waals surface area contributed by atoms with Crippen molar-refractivity contribution in [3.8, 4) is 11.6 Å². The summed E-state index contributed by atoms with van der Waals surface area (Å²) in [5.74, 6) is 0.0186. The number of alkyl halides is 3. The molecule has 0 spiro atoms. The number of benzene rings is 1. The third-order valence-electron chi connectivity index (χ3n) is 3.53. The molecule has 3 rings (SSSR count). The number of hydrogen-bond donors (Lipinski definition) is 1. The fourth-order valence-corrected chi connectivity index (χ4v) is 2.60. The molecule has 0 saturated heterocycles. The van der Waals surface area contributed by atoms with Gasteiger partial charge < -0.3 is 10.1 Å². The molecule has 7 nitrogen and oxygen atoms in total. The Morgan fingerprint density at radius 1 is 1.29 bits per heavy atom. The summed E-state index contributed by atoms with van der Waals surface area (Å²) in [5, 5.41) is 10.2. The maximum atomic E-state index is 12.6. The standard InChI is InChI=1S/C17H13BrF3N5O2/c1-2-28-14-5-4-11(18)7-12(14)23-16(27)13-9-26(25-24-13)15-6-3-10(8-22-15)17(19,20)21/h3-9H,2H2,1H3,(H,23,27). The van der Waals surface area contributed by atoms with Crippen LogP contribution in [-0.4, -0.2) is 32.5 Å². The molecule has 0 atom stereocenters. The van der Waals surface area contributed by atoms with Gasteiger partial charge in [0.1, 0.15) is 5.75 Å². The minimum absolute atomic E-state index is 0.0379. The minimum atomic E-state index is -4.48. The van der Waals surface area contributed by atoms with Gasteiger partial charge >= 0.3 is 6.18 Å². The zero-order valence-corrected chi connectivity index (χ0v) is 16.0. The third-order valence-corrected chi connectivity index (χ3v) is 4.02. The second-order valence-electron chi connectivity index (χ2n) is 5.48. The van der Waals surface area contributed by atoms with E-state index in [4.69, 9.17) is 4.74 Å². The molecule has 0 fully saturated rings. The molecular weight excluding hydrogens is 443 g/mol. The average molecular weight is 456 g/mol. The Labute approximate surface area is 165 Å². The summed E-state index contributed by atoms with van der Waals surface area (Å²) in [5.41, 5.74) is -0.486. The highest BCUT2D eigenvalue weighted by molar-refractivity contribution is 9.10. The number of amides is 1. The first-order valence-corrected chi connectivity index (χ1v) is 8.77. The van der Waals surface area contributed by atoms with Gasteiger partial charge in [0.2, 0.25) is 0 Å². The third kappa shape index (κ3) is 4.47. The van der Waals surface area contributed by atoms with Crippen LogP contribution in [-0.2, 0) is 6.18 Å². The molecular formula is C17H13BrF3N5O2. The monoisotopic (exact) mass is 455 g/mol. The highest BCUT2D eigenvalue weighted by Gasteiger charge is 2.30. The van der Waals surface area contributed by atoms with Gasteiger partial charge in [0.05, 0.1) is 24.1 Å². The molecule has 146 valence electrons. The van der Waals surface area contributed by atoms with E-state index < -0.39 is 17.6 Å². The van der Waals surface area contributed by atoms with Gasteiger partial charge in [0.25, 0.3) is 5.91 Å². The van der Waals surface area contributed by atoms with Gasteiger partial charge in [-0.05, 0) is 37.3 Å². The van der Waals surface area contributed by atoms with Gasteiger partial charge in [-0.1, -0.05) is 21.1 Å². The lowest BCUT2D eigenvalue weighted by atomic mass is 10.2. The van der Waals surface area contributed by atoms with Crippen LogP contribution in [0, 0.1) is 0 Å². The SMILES string of the molecule is CCOc1ccc(Br)cc1NC(=O)c1cn(-c2ccc(C(F)(F)F)cn2)nn1. The topological polar surface area (TPSA) is 81.9 Å². The van der Waals surface area contributed by atoms with E-state index in [1.54, 1.807) is 18.2 Å². The molecule has 0 aliphatic heterocycles. The van der Waals surface area contributed by atoms with Crippen molar-refractivity contribution in [1.82, 2.24) is 20.0 Å². The lowest BCUT2D eigenvalue weighted by Gasteiger charge is -2.11. The van der Waals surface area contributed by atoms with E-state index in [1.165, 1.54) is 6.20 Å². The van der Waals surface area contributed by atoms with Crippen LogP contribution in [0.25, 0.3) is 5.82 Å². The van der Waals surface area contributed by atoms with Gasteiger partial charge in [-0.15, -0.1) is 5.10 Å². The van der Waals surface area contributed by atoms with Gasteiger partial charge in [0, 0.05) is 10.7 Å². The molecule has 1 N–H and O–H groups in total. The highest BCUT2D eigenvalue weighted by Crippen LogP contribution is 2.29. The van der Waals surface area contributed by atoms with Crippen molar-refractivity contribution in [2.45, 2.75) is 13.1 Å². The van der Waals surface area contributed by atoms with Gasteiger partial charge in [-0.2, -0.15) is 13.2 Å². The van der Waals surface area contributed by atoms with Crippen LogP contribution < -0.4 is 10.1 Å². The van der Waals surface area contributed by atoms with E-state index >= 15 is 0 Å². The van der Waals surface area contributed by atoms with Crippen molar-refractivity contribution >= 4 is 27.5 Å². The fourth-order valence-electron chi connectivity index (χ4n) is 2.24.